The number of nitrogens with one attached hydrogen (secondary N) is 1. The van der Waals surface area contributed by atoms with E-state index in [1.165, 1.54) is 29.8 Å². The van der Waals surface area contributed by atoms with Crippen molar-refractivity contribution in [1.82, 2.24) is 10.2 Å². The van der Waals surface area contributed by atoms with Crippen LogP contribution in [0, 0.1) is 5.82 Å². The molecule has 33 heavy (non-hydrogen) atoms. The van der Waals surface area contributed by atoms with Gasteiger partial charge in [0.2, 0.25) is 0 Å². The van der Waals surface area contributed by atoms with Crippen LogP contribution >= 0.6 is 0 Å². The maximum atomic E-state index is 13.2. The highest BCUT2D eigenvalue weighted by molar-refractivity contribution is 6.15. The summed E-state index contributed by atoms with van der Waals surface area (Å²) in [6.07, 6.45) is 0.235. The van der Waals surface area contributed by atoms with Gasteiger partial charge in [-0.25, -0.2) is 4.39 Å². The van der Waals surface area contributed by atoms with Gasteiger partial charge in [-0.2, -0.15) is 0 Å². The SMILES string of the molecule is CC1CN(Cc2cccc(CNC(=O)c3ccccc3C(=O)c3ccc(F)cc3)c2)CCO1. The minimum absolute atomic E-state index is 0.235. The Hall–Kier alpha value is -3.35. The van der Waals surface area contributed by atoms with E-state index < -0.39 is 5.82 Å². The van der Waals surface area contributed by atoms with Gasteiger partial charge in [0.1, 0.15) is 5.82 Å². The van der Waals surface area contributed by atoms with Gasteiger partial charge in [0, 0.05) is 37.3 Å². The van der Waals surface area contributed by atoms with E-state index in [1.54, 1.807) is 24.3 Å². The molecule has 3 aromatic rings. The zero-order valence-corrected chi connectivity index (χ0v) is 18.6. The van der Waals surface area contributed by atoms with E-state index in [1.807, 2.05) is 12.1 Å². The predicted molar refractivity (Wildman–Crippen MR) is 125 cm³/mol. The molecule has 0 aliphatic carbocycles. The standard InChI is InChI=1S/C27H27FN2O3/c1-19-17-30(13-14-33-19)18-21-6-4-5-20(15-21)16-29-27(32)25-8-3-2-7-24(25)26(31)22-9-11-23(28)12-10-22/h2-12,15,19H,13-14,16-18H2,1H3,(H,29,32). The van der Waals surface area contributed by atoms with Gasteiger partial charge in [0.15, 0.2) is 5.78 Å². The summed E-state index contributed by atoms with van der Waals surface area (Å²) in [5.74, 6) is -1.06. The first-order valence-corrected chi connectivity index (χ1v) is 11.1. The van der Waals surface area contributed by atoms with Gasteiger partial charge in [-0.3, -0.25) is 14.5 Å². The molecule has 5 nitrogen and oxygen atoms in total. The van der Waals surface area contributed by atoms with Gasteiger partial charge < -0.3 is 10.1 Å². The molecule has 0 radical (unpaired) electrons. The maximum Gasteiger partial charge on any atom is 0.252 e. The molecule has 1 N–H and O–H groups in total. The number of morpholine rings is 1. The number of rotatable bonds is 7. The Morgan fingerprint density at radius 3 is 2.48 bits per heavy atom. The van der Waals surface area contributed by atoms with Crippen molar-refractivity contribution < 1.29 is 18.7 Å². The van der Waals surface area contributed by atoms with Crippen LogP contribution in [0.15, 0.2) is 72.8 Å². The molecule has 1 aliphatic rings. The number of carbonyl (C=O) groups excluding carboxylic acids is 2. The number of nitrogens with zero attached hydrogens (tertiary/aromatic N) is 1. The smallest absolute Gasteiger partial charge is 0.252 e. The number of benzene rings is 3. The van der Waals surface area contributed by atoms with Crippen molar-refractivity contribution in [3.63, 3.8) is 0 Å². The molecule has 1 atom stereocenters. The first-order valence-electron chi connectivity index (χ1n) is 11.1. The average molecular weight is 447 g/mol. The topological polar surface area (TPSA) is 58.6 Å². The summed E-state index contributed by atoms with van der Waals surface area (Å²) < 4.78 is 18.8. The van der Waals surface area contributed by atoms with E-state index >= 15 is 0 Å². The molecule has 6 heteroatoms. The normalized spacial score (nSPS) is 16.4. The number of carbonyl (C=O) groups is 2. The number of hydrogen-bond acceptors (Lipinski definition) is 4. The van der Waals surface area contributed by atoms with Gasteiger partial charge in [0.05, 0.1) is 18.3 Å². The number of halogens is 1. The van der Waals surface area contributed by atoms with E-state index in [0.717, 1.165) is 31.8 Å². The van der Waals surface area contributed by atoms with E-state index in [0.29, 0.717) is 17.7 Å². The quantitative estimate of drug-likeness (QED) is 0.553. The Balaban J connectivity index is 1.42. The minimum Gasteiger partial charge on any atom is -0.376 e. The summed E-state index contributed by atoms with van der Waals surface area (Å²) in [5.41, 5.74) is 3.09. The first-order chi connectivity index (χ1) is 16.0. The molecule has 1 unspecified atom stereocenters. The third kappa shape index (κ3) is 5.92. The lowest BCUT2D eigenvalue weighted by Gasteiger charge is -2.31. The van der Waals surface area contributed by atoms with Crippen molar-refractivity contribution >= 4 is 11.7 Å². The van der Waals surface area contributed by atoms with Crippen molar-refractivity contribution in [3.05, 3.63) is 106 Å². The summed E-state index contributed by atoms with van der Waals surface area (Å²) in [5, 5.41) is 2.92. The molecule has 1 saturated heterocycles. The second kappa shape index (κ2) is 10.5. The molecule has 0 aromatic heterocycles. The van der Waals surface area contributed by atoms with Crippen molar-refractivity contribution in [2.24, 2.45) is 0 Å². The molecule has 1 fully saturated rings. The van der Waals surface area contributed by atoms with Crippen LogP contribution in [-0.2, 0) is 17.8 Å². The molecule has 1 amide bonds. The van der Waals surface area contributed by atoms with Crippen LogP contribution in [0.2, 0.25) is 0 Å². The van der Waals surface area contributed by atoms with Crippen LogP contribution in [-0.4, -0.2) is 42.4 Å². The highest BCUT2D eigenvalue weighted by Gasteiger charge is 2.19. The Morgan fingerprint density at radius 2 is 1.73 bits per heavy atom. The Bertz CT molecular complexity index is 1130. The summed E-state index contributed by atoms with van der Waals surface area (Å²) in [7, 11) is 0. The second-order valence-electron chi connectivity index (χ2n) is 8.30. The first kappa shape index (κ1) is 22.8. The fourth-order valence-corrected chi connectivity index (χ4v) is 4.04. The molecular weight excluding hydrogens is 419 g/mol. The number of hydrogen-bond donors (Lipinski definition) is 1. The second-order valence-corrected chi connectivity index (χ2v) is 8.30. The van der Waals surface area contributed by atoms with Crippen molar-refractivity contribution in [1.29, 1.82) is 0 Å². The lowest BCUT2D eigenvalue weighted by molar-refractivity contribution is -0.0212. The minimum atomic E-state index is -0.414. The van der Waals surface area contributed by atoms with Crippen LogP contribution in [0.1, 0.15) is 44.3 Å². The zero-order chi connectivity index (χ0) is 23.2. The molecule has 0 saturated carbocycles. The molecule has 170 valence electrons. The molecular formula is C27H27FN2O3. The number of ether oxygens (including phenoxy) is 1. The van der Waals surface area contributed by atoms with Crippen molar-refractivity contribution in [3.8, 4) is 0 Å². The van der Waals surface area contributed by atoms with Crippen LogP contribution in [0.5, 0.6) is 0 Å². The van der Waals surface area contributed by atoms with Gasteiger partial charge >= 0.3 is 0 Å². The number of ketones is 1. The van der Waals surface area contributed by atoms with Gasteiger partial charge in [-0.1, -0.05) is 42.5 Å². The fourth-order valence-electron chi connectivity index (χ4n) is 4.04. The molecule has 4 rings (SSSR count). The van der Waals surface area contributed by atoms with Crippen LogP contribution < -0.4 is 5.32 Å². The van der Waals surface area contributed by atoms with Gasteiger partial charge in [-0.15, -0.1) is 0 Å². The van der Waals surface area contributed by atoms with E-state index in [4.69, 9.17) is 4.74 Å². The summed E-state index contributed by atoms with van der Waals surface area (Å²) in [6.45, 7) is 5.82. The Labute approximate surface area is 193 Å². The highest BCUT2D eigenvalue weighted by atomic mass is 19.1. The number of amides is 1. The third-order valence-electron chi connectivity index (χ3n) is 5.70. The van der Waals surface area contributed by atoms with E-state index in [2.05, 4.69) is 29.3 Å². The predicted octanol–water partition coefficient (Wildman–Crippen LogP) is 4.21. The molecule has 1 aliphatic heterocycles. The van der Waals surface area contributed by atoms with E-state index in [-0.39, 0.29) is 23.4 Å². The van der Waals surface area contributed by atoms with Gasteiger partial charge in [-0.05, 0) is 48.4 Å². The maximum absolute atomic E-state index is 13.2. The average Bonchev–Trinajstić information content (AvgIpc) is 2.83. The van der Waals surface area contributed by atoms with Crippen LogP contribution in [0.3, 0.4) is 0 Å². The van der Waals surface area contributed by atoms with Crippen LogP contribution in [0.4, 0.5) is 4.39 Å². The lowest BCUT2D eigenvalue weighted by Crippen LogP contribution is -2.40. The Kier molecular flexibility index (Phi) is 7.27. The summed E-state index contributed by atoms with van der Waals surface area (Å²) in [4.78, 5) is 28.2. The summed E-state index contributed by atoms with van der Waals surface area (Å²) >= 11 is 0. The fraction of sp³-hybridized carbons (Fsp3) is 0.259. The Morgan fingerprint density at radius 1 is 1.00 bits per heavy atom. The third-order valence-corrected chi connectivity index (χ3v) is 5.70. The van der Waals surface area contributed by atoms with Crippen LogP contribution in [0.25, 0.3) is 0 Å². The van der Waals surface area contributed by atoms with Gasteiger partial charge in [0.25, 0.3) is 5.91 Å². The van der Waals surface area contributed by atoms with E-state index in [9.17, 15) is 14.0 Å². The summed E-state index contributed by atoms with van der Waals surface area (Å²) in [6, 6.07) is 20.1. The van der Waals surface area contributed by atoms with Crippen molar-refractivity contribution in [2.45, 2.75) is 26.1 Å². The lowest BCUT2D eigenvalue weighted by atomic mass is 9.98. The molecule has 0 bridgehead atoms. The monoisotopic (exact) mass is 446 g/mol. The zero-order valence-electron chi connectivity index (χ0n) is 18.6. The molecule has 0 spiro atoms. The van der Waals surface area contributed by atoms with Crippen molar-refractivity contribution in [2.75, 3.05) is 19.7 Å². The molecule has 3 aromatic carbocycles. The highest BCUT2D eigenvalue weighted by Crippen LogP contribution is 2.16. The molecule has 1 heterocycles. The largest absolute Gasteiger partial charge is 0.376 e.